The standard InChI is InChI=1S/C13H21N3O2S/c1-4-13(3)8-16(5-6-18-13)12(17)14-7-11-10(2)15-9-19-11/h9H,4-8H2,1-3H3,(H,14,17)/t13-/m1/s1. The molecule has 1 saturated heterocycles. The summed E-state index contributed by atoms with van der Waals surface area (Å²) in [4.78, 5) is 19.3. The summed E-state index contributed by atoms with van der Waals surface area (Å²) in [7, 11) is 0. The van der Waals surface area contributed by atoms with Crippen LogP contribution in [0.15, 0.2) is 5.51 Å². The van der Waals surface area contributed by atoms with E-state index in [2.05, 4.69) is 24.1 Å². The Labute approximate surface area is 118 Å². The Morgan fingerprint density at radius 2 is 2.47 bits per heavy atom. The van der Waals surface area contributed by atoms with Crippen molar-refractivity contribution in [1.29, 1.82) is 0 Å². The highest BCUT2D eigenvalue weighted by molar-refractivity contribution is 7.09. The van der Waals surface area contributed by atoms with Crippen LogP contribution in [0, 0.1) is 6.92 Å². The number of rotatable bonds is 3. The van der Waals surface area contributed by atoms with E-state index in [9.17, 15) is 4.79 Å². The van der Waals surface area contributed by atoms with E-state index in [1.54, 1.807) is 16.8 Å². The van der Waals surface area contributed by atoms with Gasteiger partial charge in [0.25, 0.3) is 0 Å². The number of aromatic nitrogens is 1. The SMILES string of the molecule is CC[C@]1(C)CN(C(=O)NCc2scnc2C)CCO1. The zero-order valence-electron chi connectivity index (χ0n) is 11.7. The van der Waals surface area contributed by atoms with Gasteiger partial charge in [0.15, 0.2) is 0 Å². The first-order valence-electron chi connectivity index (χ1n) is 6.60. The van der Waals surface area contributed by atoms with Gasteiger partial charge in [0.05, 0.1) is 36.5 Å². The van der Waals surface area contributed by atoms with Crippen LogP contribution in [-0.4, -0.2) is 41.2 Å². The van der Waals surface area contributed by atoms with Gasteiger partial charge in [-0.1, -0.05) is 6.92 Å². The molecule has 2 heterocycles. The molecule has 2 amide bonds. The molecule has 1 fully saturated rings. The molecule has 0 bridgehead atoms. The van der Waals surface area contributed by atoms with Crippen LogP contribution in [0.3, 0.4) is 0 Å². The number of nitrogens with one attached hydrogen (secondary N) is 1. The topological polar surface area (TPSA) is 54.5 Å². The summed E-state index contributed by atoms with van der Waals surface area (Å²) in [5.74, 6) is 0. The van der Waals surface area contributed by atoms with Gasteiger partial charge in [0, 0.05) is 11.4 Å². The van der Waals surface area contributed by atoms with Gasteiger partial charge in [0.2, 0.25) is 0 Å². The van der Waals surface area contributed by atoms with E-state index in [-0.39, 0.29) is 11.6 Å². The average molecular weight is 283 g/mol. The Morgan fingerprint density at radius 1 is 1.68 bits per heavy atom. The number of carbonyl (C=O) groups is 1. The predicted molar refractivity (Wildman–Crippen MR) is 75.3 cm³/mol. The largest absolute Gasteiger partial charge is 0.372 e. The van der Waals surface area contributed by atoms with E-state index >= 15 is 0 Å². The van der Waals surface area contributed by atoms with Crippen molar-refractivity contribution in [2.75, 3.05) is 19.7 Å². The first-order chi connectivity index (χ1) is 9.04. The molecule has 6 heteroatoms. The molecular formula is C13H21N3O2S. The molecule has 0 aliphatic carbocycles. The number of urea groups is 1. The second-order valence-electron chi connectivity index (χ2n) is 5.09. The quantitative estimate of drug-likeness (QED) is 0.925. The molecular weight excluding hydrogens is 262 g/mol. The molecule has 1 aliphatic heterocycles. The Morgan fingerprint density at radius 3 is 3.11 bits per heavy atom. The summed E-state index contributed by atoms with van der Waals surface area (Å²) in [6.07, 6.45) is 0.907. The van der Waals surface area contributed by atoms with Crippen LogP contribution in [0.1, 0.15) is 30.8 Å². The summed E-state index contributed by atoms with van der Waals surface area (Å²) < 4.78 is 5.73. The average Bonchev–Trinajstić information content (AvgIpc) is 2.81. The summed E-state index contributed by atoms with van der Waals surface area (Å²) in [5, 5.41) is 2.96. The van der Waals surface area contributed by atoms with Crippen molar-refractivity contribution in [1.82, 2.24) is 15.2 Å². The van der Waals surface area contributed by atoms with Crippen molar-refractivity contribution in [2.45, 2.75) is 39.3 Å². The summed E-state index contributed by atoms with van der Waals surface area (Å²) in [6, 6.07) is -0.0178. The van der Waals surface area contributed by atoms with Crippen molar-refractivity contribution in [3.63, 3.8) is 0 Å². The van der Waals surface area contributed by atoms with Crippen LogP contribution in [0.25, 0.3) is 0 Å². The molecule has 1 aliphatic rings. The molecule has 1 N–H and O–H groups in total. The number of carbonyl (C=O) groups excluding carboxylic acids is 1. The molecule has 0 saturated carbocycles. The molecule has 1 atom stereocenters. The Bertz CT molecular complexity index is 449. The summed E-state index contributed by atoms with van der Waals surface area (Å²) in [5.41, 5.74) is 2.58. The van der Waals surface area contributed by atoms with Crippen molar-refractivity contribution in [3.05, 3.63) is 16.1 Å². The predicted octanol–water partition coefficient (Wildman–Crippen LogP) is 2.16. The third-order valence-corrected chi connectivity index (χ3v) is 4.55. The van der Waals surface area contributed by atoms with Crippen molar-refractivity contribution >= 4 is 17.4 Å². The van der Waals surface area contributed by atoms with Crippen LogP contribution in [0.5, 0.6) is 0 Å². The highest BCUT2D eigenvalue weighted by Gasteiger charge is 2.32. The van der Waals surface area contributed by atoms with E-state index < -0.39 is 0 Å². The van der Waals surface area contributed by atoms with E-state index in [1.165, 1.54) is 0 Å². The first-order valence-corrected chi connectivity index (χ1v) is 7.48. The zero-order chi connectivity index (χ0) is 13.9. The number of morpholine rings is 1. The van der Waals surface area contributed by atoms with Crippen molar-refractivity contribution in [2.24, 2.45) is 0 Å². The van der Waals surface area contributed by atoms with Crippen molar-refractivity contribution in [3.8, 4) is 0 Å². The van der Waals surface area contributed by atoms with Gasteiger partial charge in [-0.05, 0) is 20.3 Å². The highest BCUT2D eigenvalue weighted by Crippen LogP contribution is 2.21. The lowest BCUT2D eigenvalue weighted by Crippen LogP contribution is -2.54. The molecule has 1 aromatic heterocycles. The number of thiazole rings is 1. The van der Waals surface area contributed by atoms with Gasteiger partial charge in [-0.15, -0.1) is 11.3 Å². The molecule has 2 rings (SSSR count). The lowest BCUT2D eigenvalue weighted by atomic mass is 10.0. The van der Waals surface area contributed by atoms with Gasteiger partial charge in [-0.25, -0.2) is 9.78 Å². The third-order valence-electron chi connectivity index (χ3n) is 3.62. The lowest BCUT2D eigenvalue weighted by molar-refractivity contribution is -0.0872. The Hall–Kier alpha value is -1.14. The fourth-order valence-electron chi connectivity index (χ4n) is 2.08. The van der Waals surface area contributed by atoms with Gasteiger partial charge >= 0.3 is 6.03 Å². The normalized spacial score (nSPS) is 23.4. The molecule has 1 aromatic rings. The minimum Gasteiger partial charge on any atom is -0.372 e. The number of ether oxygens (including phenoxy) is 1. The fourth-order valence-corrected chi connectivity index (χ4v) is 2.80. The molecule has 5 nitrogen and oxygen atoms in total. The highest BCUT2D eigenvalue weighted by atomic mass is 32.1. The number of amides is 2. The first kappa shape index (κ1) is 14.3. The second kappa shape index (κ2) is 5.88. The molecule has 0 unspecified atom stereocenters. The van der Waals surface area contributed by atoms with E-state index in [4.69, 9.17) is 4.74 Å². The van der Waals surface area contributed by atoms with Crippen LogP contribution >= 0.6 is 11.3 Å². The molecule has 0 spiro atoms. The monoisotopic (exact) mass is 283 g/mol. The Kier molecular flexibility index (Phi) is 4.42. The maximum atomic E-state index is 12.2. The third kappa shape index (κ3) is 3.45. The molecule has 0 radical (unpaired) electrons. The van der Waals surface area contributed by atoms with Gasteiger partial charge in [-0.2, -0.15) is 0 Å². The smallest absolute Gasteiger partial charge is 0.317 e. The number of hydrogen-bond acceptors (Lipinski definition) is 4. The second-order valence-corrected chi connectivity index (χ2v) is 6.03. The number of aryl methyl sites for hydroxylation is 1. The maximum Gasteiger partial charge on any atom is 0.317 e. The van der Waals surface area contributed by atoms with Gasteiger partial charge in [-0.3, -0.25) is 0 Å². The molecule has 19 heavy (non-hydrogen) atoms. The fraction of sp³-hybridized carbons (Fsp3) is 0.692. The summed E-state index contributed by atoms with van der Waals surface area (Å²) in [6.45, 7) is 8.57. The van der Waals surface area contributed by atoms with Crippen LogP contribution in [0.2, 0.25) is 0 Å². The minimum atomic E-state index is -0.212. The minimum absolute atomic E-state index is 0.0178. The van der Waals surface area contributed by atoms with Crippen molar-refractivity contribution < 1.29 is 9.53 Å². The van der Waals surface area contributed by atoms with E-state index in [0.29, 0.717) is 26.2 Å². The molecule has 106 valence electrons. The van der Waals surface area contributed by atoms with E-state index in [0.717, 1.165) is 17.0 Å². The van der Waals surface area contributed by atoms with Gasteiger partial charge in [0.1, 0.15) is 0 Å². The van der Waals surface area contributed by atoms with Crippen LogP contribution in [0.4, 0.5) is 4.79 Å². The number of hydrogen-bond donors (Lipinski definition) is 1. The Balaban J connectivity index is 1.88. The van der Waals surface area contributed by atoms with Crippen LogP contribution in [-0.2, 0) is 11.3 Å². The van der Waals surface area contributed by atoms with Crippen LogP contribution < -0.4 is 5.32 Å². The maximum absolute atomic E-state index is 12.2. The van der Waals surface area contributed by atoms with Gasteiger partial charge < -0.3 is 15.0 Å². The zero-order valence-corrected chi connectivity index (χ0v) is 12.5. The van der Waals surface area contributed by atoms with E-state index in [1.807, 2.05) is 11.8 Å². The lowest BCUT2D eigenvalue weighted by Gasteiger charge is -2.39. The summed E-state index contributed by atoms with van der Waals surface area (Å²) >= 11 is 1.57. The molecule has 0 aromatic carbocycles. The number of nitrogens with zero attached hydrogens (tertiary/aromatic N) is 2.